The molecule has 1 aliphatic carbocycles. The predicted octanol–water partition coefficient (Wildman–Crippen LogP) is 8.47. The van der Waals surface area contributed by atoms with E-state index in [2.05, 4.69) is 76.4 Å². The Bertz CT molecular complexity index is 1530. The molecule has 1 heterocycles. The van der Waals surface area contributed by atoms with E-state index in [1.807, 2.05) is 24.3 Å². The van der Waals surface area contributed by atoms with Crippen molar-refractivity contribution in [2.75, 3.05) is 11.3 Å². The van der Waals surface area contributed by atoms with Crippen LogP contribution in [0.2, 0.25) is 0 Å². The Morgan fingerprint density at radius 1 is 0.878 bits per heavy atom. The van der Waals surface area contributed by atoms with Crippen molar-refractivity contribution in [1.29, 1.82) is 0 Å². The minimum atomic E-state index is -1.53. The maximum absolute atomic E-state index is 14.8. The van der Waals surface area contributed by atoms with Gasteiger partial charge in [0, 0.05) is 19.6 Å². The quantitative estimate of drug-likeness (QED) is 0.196. The van der Waals surface area contributed by atoms with Crippen molar-refractivity contribution in [3.8, 4) is 11.1 Å². The van der Waals surface area contributed by atoms with Crippen LogP contribution in [0.15, 0.2) is 108 Å². The van der Waals surface area contributed by atoms with E-state index in [-0.39, 0.29) is 11.5 Å². The summed E-state index contributed by atoms with van der Waals surface area (Å²) in [6, 6.07) is 30.5. The van der Waals surface area contributed by atoms with Gasteiger partial charge in [-0.3, -0.25) is 9.62 Å². The molecule has 0 bridgehead atoms. The number of hydrogen-bond acceptors (Lipinski definition) is 2. The van der Waals surface area contributed by atoms with Crippen molar-refractivity contribution in [2.45, 2.75) is 56.5 Å². The maximum atomic E-state index is 14.8. The van der Waals surface area contributed by atoms with Gasteiger partial charge in [-0.05, 0) is 102 Å². The Morgan fingerprint density at radius 3 is 2.46 bits per heavy atom. The molecule has 3 nitrogen and oxygen atoms in total. The molecule has 0 saturated heterocycles. The van der Waals surface area contributed by atoms with Gasteiger partial charge in [0.05, 0.1) is 10.6 Å². The lowest BCUT2D eigenvalue weighted by molar-refractivity contribution is 0.245. The molecule has 0 amide bonds. The first-order valence-corrected chi connectivity index (χ1v) is 15.9. The fourth-order valence-corrected chi connectivity index (χ4v) is 6.91. The number of allylic oxidation sites excluding steroid dienone is 2. The van der Waals surface area contributed by atoms with E-state index in [0.717, 1.165) is 50.9 Å². The van der Waals surface area contributed by atoms with Crippen LogP contribution in [0, 0.1) is 11.7 Å². The summed E-state index contributed by atoms with van der Waals surface area (Å²) in [4.78, 5) is 3.14. The standard InChI is InChI=1S/C36H37FN2OS/c37-35-23-28(10-6-9-27-7-4-5-8-27)15-20-36(35)38-41(40)34-19-18-33-26-39(22-21-32(33)24-34)25-29-13-16-31(17-14-29)30-11-2-1-3-12-30/h1-4,7,11-20,23-24,27,38H,5-6,8-10,21-22,25-26H2. The molecular weight excluding hydrogens is 527 g/mol. The second-order valence-corrected chi connectivity index (χ2v) is 12.5. The molecule has 4 aromatic carbocycles. The van der Waals surface area contributed by atoms with Gasteiger partial charge >= 0.3 is 0 Å². The third-order valence-corrected chi connectivity index (χ3v) is 9.43. The molecule has 0 aromatic heterocycles. The minimum Gasteiger partial charge on any atom is -0.298 e. The Kier molecular flexibility index (Phi) is 8.74. The average Bonchev–Trinajstić information content (AvgIpc) is 3.53. The van der Waals surface area contributed by atoms with E-state index in [1.54, 1.807) is 12.1 Å². The Morgan fingerprint density at radius 2 is 1.68 bits per heavy atom. The number of anilines is 1. The van der Waals surface area contributed by atoms with Crippen LogP contribution in [-0.4, -0.2) is 15.7 Å². The van der Waals surface area contributed by atoms with E-state index in [0.29, 0.717) is 10.8 Å². The summed E-state index contributed by atoms with van der Waals surface area (Å²) in [5.74, 6) is 0.336. The number of benzene rings is 4. The van der Waals surface area contributed by atoms with Gasteiger partial charge in [0.2, 0.25) is 0 Å². The topological polar surface area (TPSA) is 32.3 Å². The molecule has 2 unspecified atom stereocenters. The maximum Gasteiger partial charge on any atom is 0.150 e. The highest BCUT2D eigenvalue weighted by Crippen LogP contribution is 2.27. The average molecular weight is 565 g/mol. The third-order valence-electron chi connectivity index (χ3n) is 8.34. The van der Waals surface area contributed by atoms with Crippen LogP contribution in [0.1, 0.15) is 47.9 Å². The molecule has 41 heavy (non-hydrogen) atoms. The molecule has 210 valence electrons. The molecule has 2 atom stereocenters. The van der Waals surface area contributed by atoms with Crippen LogP contribution in [0.5, 0.6) is 0 Å². The molecule has 1 aliphatic heterocycles. The highest BCUT2D eigenvalue weighted by molar-refractivity contribution is 7.86. The first-order chi connectivity index (χ1) is 20.1. The second-order valence-electron chi connectivity index (χ2n) is 11.3. The zero-order valence-corrected chi connectivity index (χ0v) is 24.2. The lowest BCUT2D eigenvalue weighted by Crippen LogP contribution is -2.30. The molecule has 0 radical (unpaired) electrons. The van der Waals surface area contributed by atoms with Crippen LogP contribution in [-0.2, 0) is 36.9 Å². The number of rotatable bonds is 10. The number of halogens is 1. The second kappa shape index (κ2) is 13.0. The SMILES string of the molecule is O=S(Nc1ccc(CCCC2C=CCC2)cc1F)c1ccc2c(c1)CCN(Cc1ccc(-c3ccccc3)cc1)C2. The van der Waals surface area contributed by atoms with Crippen molar-refractivity contribution in [1.82, 2.24) is 4.90 Å². The van der Waals surface area contributed by atoms with Crippen LogP contribution in [0.3, 0.4) is 0 Å². The first kappa shape index (κ1) is 27.6. The van der Waals surface area contributed by atoms with Crippen molar-refractivity contribution in [3.05, 3.63) is 131 Å². The summed E-state index contributed by atoms with van der Waals surface area (Å²) in [5.41, 5.74) is 7.53. The third kappa shape index (κ3) is 7.03. The summed E-state index contributed by atoms with van der Waals surface area (Å²) >= 11 is 0. The number of hydrogen-bond donors (Lipinski definition) is 1. The van der Waals surface area contributed by atoms with E-state index in [1.165, 1.54) is 40.7 Å². The van der Waals surface area contributed by atoms with Crippen molar-refractivity contribution < 1.29 is 8.60 Å². The Balaban J connectivity index is 1.03. The summed E-state index contributed by atoms with van der Waals surface area (Å²) in [6.07, 6.45) is 11.0. The van der Waals surface area contributed by atoms with Crippen LogP contribution < -0.4 is 4.72 Å². The first-order valence-electron chi connectivity index (χ1n) is 14.7. The normalized spacial score (nSPS) is 17.3. The molecule has 6 rings (SSSR count). The molecule has 2 aliphatic rings. The van der Waals surface area contributed by atoms with Crippen LogP contribution >= 0.6 is 0 Å². The predicted molar refractivity (Wildman–Crippen MR) is 167 cm³/mol. The van der Waals surface area contributed by atoms with E-state index < -0.39 is 11.0 Å². The van der Waals surface area contributed by atoms with Gasteiger partial charge < -0.3 is 0 Å². The highest BCUT2D eigenvalue weighted by Gasteiger charge is 2.19. The molecule has 5 heteroatoms. The highest BCUT2D eigenvalue weighted by atomic mass is 32.2. The van der Waals surface area contributed by atoms with Gasteiger partial charge in [0.1, 0.15) is 16.8 Å². The van der Waals surface area contributed by atoms with E-state index in [4.69, 9.17) is 0 Å². The minimum absolute atomic E-state index is 0.285. The fourth-order valence-electron chi connectivity index (χ4n) is 5.99. The van der Waals surface area contributed by atoms with Gasteiger partial charge in [-0.15, -0.1) is 0 Å². The Hall–Kier alpha value is -3.54. The summed E-state index contributed by atoms with van der Waals surface area (Å²) in [7, 11) is -1.53. The van der Waals surface area contributed by atoms with Gasteiger partial charge in [-0.1, -0.05) is 78.9 Å². The van der Waals surface area contributed by atoms with E-state index in [9.17, 15) is 8.60 Å². The summed E-state index contributed by atoms with van der Waals surface area (Å²) in [6.45, 7) is 2.71. The number of aryl methyl sites for hydroxylation is 1. The van der Waals surface area contributed by atoms with Crippen molar-refractivity contribution in [3.63, 3.8) is 0 Å². The number of nitrogens with one attached hydrogen (secondary N) is 1. The molecule has 0 saturated carbocycles. The van der Waals surface area contributed by atoms with Crippen molar-refractivity contribution in [2.24, 2.45) is 5.92 Å². The Labute approximate surface area is 245 Å². The monoisotopic (exact) mass is 564 g/mol. The summed E-state index contributed by atoms with van der Waals surface area (Å²) in [5, 5.41) is 0. The number of nitrogens with zero attached hydrogens (tertiary/aromatic N) is 1. The number of fused-ring (bicyclic) bond motifs is 1. The van der Waals surface area contributed by atoms with Crippen LogP contribution in [0.4, 0.5) is 10.1 Å². The molecule has 0 fully saturated rings. The zero-order chi connectivity index (χ0) is 28.0. The van der Waals surface area contributed by atoms with Crippen LogP contribution in [0.25, 0.3) is 11.1 Å². The molecule has 4 aromatic rings. The lowest BCUT2D eigenvalue weighted by Gasteiger charge is -2.29. The molecule has 1 N–H and O–H groups in total. The van der Waals surface area contributed by atoms with Crippen molar-refractivity contribution >= 4 is 16.7 Å². The van der Waals surface area contributed by atoms with Gasteiger partial charge in [-0.25, -0.2) is 8.60 Å². The molecule has 0 spiro atoms. The largest absolute Gasteiger partial charge is 0.298 e. The lowest BCUT2D eigenvalue weighted by atomic mass is 9.99. The fraction of sp³-hybridized carbons (Fsp3) is 0.278. The van der Waals surface area contributed by atoms with Gasteiger partial charge in [0.15, 0.2) is 0 Å². The van der Waals surface area contributed by atoms with Gasteiger partial charge in [0.25, 0.3) is 0 Å². The van der Waals surface area contributed by atoms with E-state index >= 15 is 0 Å². The van der Waals surface area contributed by atoms with Gasteiger partial charge in [-0.2, -0.15) is 0 Å². The summed E-state index contributed by atoms with van der Waals surface area (Å²) < 4.78 is 30.8. The molecular formula is C36H37FN2OS. The smallest absolute Gasteiger partial charge is 0.150 e. The zero-order valence-electron chi connectivity index (χ0n) is 23.4.